The van der Waals surface area contributed by atoms with E-state index in [0.29, 0.717) is 45.3 Å². The standard InChI is InChI=1S/C26H22ClN3O3S/c1-15(31)17-4-2-5-19(12-17)29-23(33)14-34-26-20(13-28)24(16-8-10-18(27)11-9-16)25-21(30-26)6-3-7-22(25)32/h2,4-5,8-12,24,30H,3,6-7,14H2,1H3,(H,29,33)/t24-/m1/s1. The van der Waals surface area contributed by atoms with Gasteiger partial charge in [-0.2, -0.15) is 5.26 Å². The first-order valence-electron chi connectivity index (χ1n) is 10.8. The van der Waals surface area contributed by atoms with E-state index >= 15 is 0 Å². The van der Waals surface area contributed by atoms with E-state index in [0.717, 1.165) is 17.7 Å². The molecule has 1 heterocycles. The lowest BCUT2D eigenvalue weighted by atomic mass is 9.77. The van der Waals surface area contributed by atoms with Crippen LogP contribution in [0.15, 0.2) is 70.4 Å². The molecule has 1 aliphatic heterocycles. The smallest absolute Gasteiger partial charge is 0.234 e. The summed E-state index contributed by atoms with van der Waals surface area (Å²) in [6.45, 7) is 1.47. The van der Waals surface area contributed by atoms with Crippen LogP contribution in [-0.4, -0.2) is 23.2 Å². The number of nitrogens with zero attached hydrogens (tertiary/aromatic N) is 1. The van der Waals surface area contributed by atoms with E-state index in [9.17, 15) is 19.6 Å². The molecule has 172 valence electrons. The van der Waals surface area contributed by atoms with Crippen LogP contribution < -0.4 is 10.6 Å². The van der Waals surface area contributed by atoms with Gasteiger partial charge in [-0.05, 0) is 49.6 Å². The number of ketones is 2. The molecule has 0 saturated heterocycles. The summed E-state index contributed by atoms with van der Waals surface area (Å²) in [4.78, 5) is 37.1. The molecule has 4 rings (SSSR count). The van der Waals surface area contributed by atoms with E-state index in [4.69, 9.17) is 11.6 Å². The number of benzene rings is 2. The molecular formula is C26H22ClN3O3S. The van der Waals surface area contributed by atoms with Crippen molar-refractivity contribution in [2.24, 2.45) is 0 Å². The maximum absolute atomic E-state index is 12.8. The van der Waals surface area contributed by atoms with Gasteiger partial charge >= 0.3 is 0 Å². The van der Waals surface area contributed by atoms with Gasteiger partial charge in [0.2, 0.25) is 5.91 Å². The summed E-state index contributed by atoms with van der Waals surface area (Å²) in [5.74, 6) is -0.751. The third kappa shape index (κ3) is 5.09. The molecule has 0 radical (unpaired) electrons. The molecule has 1 atom stereocenters. The van der Waals surface area contributed by atoms with E-state index in [-0.39, 0.29) is 23.2 Å². The van der Waals surface area contributed by atoms with Gasteiger partial charge in [-0.3, -0.25) is 14.4 Å². The molecule has 0 unspecified atom stereocenters. The first kappa shape index (κ1) is 23.8. The molecule has 0 aromatic heterocycles. The molecule has 34 heavy (non-hydrogen) atoms. The Balaban J connectivity index is 1.58. The SMILES string of the molecule is CC(=O)c1cccc(NC(=O)CSC2=C(C#N)[C@@H](c3ccc(Cl)cc3)C3=C(CCCC3=O)N2)c1. The zero-order chi connectivity index (χ0) is 24.2. The van der Waals surface area contributed by atoms with Crippen molar-refractivity contribution in [2.75, 3.05) is 11.1 Å². The molecular weight excluding hydrogens is 470 g/mol. The van der Waals surface area contributed by atoms with Crippen molar-refractivity contribution in [1.82, 2.24) is 5.32 Å². The topological polar surface area (TPSA) is 99.1 Å². The number of nitriles is 1. The zero-order valence-electron chi connectivity index (χ0n) is 18.5. The molecule has 6 nitrogen and oxygen atoms in total. The summed E-state index contributed by atoms with van der Waals surface area (Å²) in [7, 11) is 0. The first-order chi connectivity index (χ1) is 16.4. The molecule has 0 saturated carbocycles. The van der Waals surface area contributed by atoms with Gasteiger partial charge in [0.05, 0.1) is 28.3 Å². The van der Waals surface area contributed by atoms with Gasteiger partial charge in [0.25, 0.3) is 0 Å². The number of amides is 1. The predicted octanol–water partition coefficient (Wildman–Crippen LogP) is 5.34. The molecule has 2 aromatic rings. The molecule has 0 spiro atoms. The highest BCUT2D eigenvalue weighted by molar-refractivity contribution is 8.03. The summed E-state index contributed by atoms with van der Waals surface area (Å²) >= 11 is 7.28. The highest BCUT2D eigenvalue weighted by Crippen LogP contribution is 2.44. The number of carbonyl (C=O) groups excluding carboxylic acids is 3. The minimum atomic E-state index is -0.496. The second kappa shape index (κ2) is 10.3. The Kier molecular flexibility index (Phi) is 7.20. The fourth-order valence-corrected chi connectivity index (χ4v) is 5.16. The van der Waals surface area contributed by atoms with Gasteiger partial charge in [-0.15, -0.1) is 0 Å². The first-order valence-corrected chi connectivity index (χ1v) is 12.2. The van der Waals surface area contributed by atoms with Crippen molar-refractivity contribution >= 4 is 46.5 Å². The average Bonchev–Trinajstić information content (AvgIpc) is 2.82. The van der Waals surface area contributed by atoms with Crippen LogP contribution in [0.4, 0.5) is 5.69 Å². The third-order valence-electron chi connectivity index (χ3n) is 5.77. The number of hydrogen-bond acceptors (Lipinski definition) is 6. The number of carbonyl (C=O) groups is 3. The number of halogens is 1. The van der Waals surface area contributed by atoms with Crippen LogP contribution in [0.3, 0.4) is 0 Å². The number of rotatable bonds is 6. The number of dihydropyridines is 1. The van der Waals surface area contributed by atoms with Crippen molar-refractivity contribution in [2.45, 2.75) is 32.1 Å². The molecule has 0 bridgehead atoms. The number of nitrogens with one attached hydrogen (secondary N) is 2. The van der Waals surface area contributed by atoms with Crippen LogP contribution in [0.2, 0.25) is 5.02 Å². The fourth-order valence-electron chi connectivity index (χ4n) is 4.18. The van der Waals surface area contributed by atoms with Gasteiger partial charge in [0.1, 0.15) is 0 Å². The molecule has 8 heteroatoms. The maximum atomic E-state index is 12.8. The van der Waals surface area contributed by atoms with Crippen LogP contribution >= 0.6 is 23.4 Å². The van der Waals surface area contributed by atoms with E-state index in [1.165, 1.54) is 18.7 Å². The lowest BCUT2D eigenvalue weighted by Crippen LogP contribution is -2.31. The normalized spacial score (nSPS) is 17.6. The summed E-state index contributed by atoms with van der Waals surface area (Å²) in [6, 6.07) is 16.2. The average molecular weight is 492 g/mol. The number of hydrogen-bond donors (Lipinski definition) is 2. The Morgan fingerprint density at radius 3 is 2.68 bits per heavy atom. The number of thioether (sulfide) groups is 1. The quantitative estimate of drug-likeness (QED) is 0.529. The lowest BCUT2D eigenvalue weighted by molar-refractivity contribution is -0.116. The van der Waals surface area contributed by atoms with Crippen LogP contribution in [0, 0.1) is 11.3 Å². The highest BCUT2D eigenvalue weighted by Gasteiger charge is 2.37. The number of allylic oxidation sites excluding steroid dienone is 3. The van der Waals surface area contributed by atoms with Crippen molar-refractivity contribution in [1.29, 1.82) is 5.26 Å². The summed E-state index contributed by atoms with van der Waals surface area (Å²) in [6.07, 6.45) is 1.90. The Morgan fingerprint density at radius 1 is 1.21 bits per heavy atom. The summed E-state index contributed by atoms with van der Waals surface area (Å²) in [5, 5.41) is 17.3. The van der Waals surface area contributed by atoms with Gasteiger partial charge in [-0.1, -0.05) is 47.6 Å². The van der Waals surface area contributed by atoms with Gasteiger partial charge in [-0.25, -0.2) is 0 Å². The second-order valence-electron chi connectivity index (χ2n) is 8.11. The fraction of sp³-hybridized carbons (Fsp3) is 0.231. The van der Waals surface area contributed by atoms with Crippen LogP contribution in [0.1, 0.15) is 48.0 Å². The summed E-state index contributed by atoms with van der Waals surface area (Å²) < 4.78 is 0. The monoisotopic (exact) mass is 491 g/mol. The van der Waals surface area contributed by atoms with Gasteiger partial charge < -0.3 is 10.6 Å². The van der Waals surface area contributed by atoms with E-state index < -0.39 is 5.92 Å². The number of Topliss-reactive ketones (excluding diaryl/α,β-unsaturated/α-hetero) is 2. The lowest BCUT2D eigenvalue weighted by Gasteiger charge is -2.33. The van der Waals surface area contributed by atoms with Gasteiger partial charge in [0.15, 0.2) is 11.6 Å². The maximum Gasteiger partial charge on any atom is 0.234 e. The van der Waals surface area contributed by atoms with Crippen LogP contribution in [-0.2, 0) is 9.59 Å². The molecule has 1 amide bonds. The molecule has 2 aliphatic rings. The molecule has 1 aliphatic carbocycles. The van der Waals surface area contributed by atoms with Crippen LogP contribution in [0.25, 0.3) is 0 Å². The Morgan fingerprint density at radius 2 is 1.97 bits per heavy atom. The largest absolute Gasteiger partial charge is 0.352 e. The second-order valence-corrected chi connectivity index (χ2v) is 9.53. The Hall–Kier alpha value is -3.34. The van der Waals surface area contributed by atoms with Crippen molar-refractivity contribution in [3.05, 3.63) is 86.6 Å². The van der Waals surface area contributed by atoms with Crippen LogP contribution in [0.5, 0.6) is 0 Å². The van der Waals surface area contributed by atoms with E-state index in [1.54, 1.807) is 36.4 Å². The molecule has 2 N–H and O–H groups in total. The Bertz CT molecular complexity index is 1270. The minimum absolute atomic E-state index is 0.0357. The highest BCUT2D eigenvalue weighted by atomic mass is 35.5. The van der Waals surface area contributed by atoms with Crippen molar-refractivity contribution < 1.29 is 14.4 Å². The predicted molar refractivity (Wildman–Crippen MR) is 133 cm³/mol. The minimum Gasteiger partial charge on any atom is -0.352 e. The number of anilines is 1. The summed E-state index contributed by atoms with van der Waals surface area (Å²) in [5.41, 5.74) is 3.71. The van der Waals surface area contributed by atoms with Crippen molar-refractivity contribution in [3.63, 3.8) is 0 Å². The van der Waals surface area contributed by atoms with E-state index in [2.05, 4.69) is 16.7 Å². The van der Waals surface area contributed by atoms with Gasteiger partial charge in [0, 0.05) is 34.0 Å². The third-order valence-corrected chi connectivity index (χ3v) is 7.04. The Labute approximate surface area is 207 Å². The molecule has 0 fully saturated rings. The van der Waals surface area contributed by atoms with Crippen molar-refractivity contribution in [3.8, 4) is 6.07 Å². The molecule has 2 aromatic carbocycles. The van der Waals surface area contributed by atoms with E-state index in [1.807, 2.05) is 12.1 Å². The zero-order valence-corrected chi connectivity index (χ0v) is 20.1.